The standard InChI is InChI=1S/C12H13FN2O2/c1-3-8(7-14)12(16)15-10-4-9(13)5-11(6-10)17-2/h4-6,8H,3H2,1-2H3,(H,15,16). The van der Waals surface area contributed by atoms with Gasteiger partial charge in [-0.1, -0.05) is 6.92 Å². The van der Waals surface area contributed by atoms with Gasteiger partial charge in [0.15, 0.2) is 0 Å². The van der Waals surface area contributed by atoms with Crippen LogP contribution < -0.4 is 10.1 Å². The molecular weight excluding hydrogens is 223 g/mol. The van der Waals surface area contributed by atoms with E-state index in [0.717, 1.165) is 0 Å². The van der Waals surface area contributed by atoms with Gasteiger partial charge >= 0.3 is 0 Å². The molecule has 0 aliphatic carbocycles. The molecule has 0 saturated heterocycles. The Morgan fingerprint density at radius 3 is 2.82 bits per heavy atom. The maximum Gasteiger partial charge on any atom is 0.241 e. The molecule has 1 N–H and O–H groups in total. The number of amides is 1. The van der Waals surface area contributed by atoms with E-state index < -0.39 is 17.6 Å². The Labute approximate surface area is 99.0 Å². The van der Waals surface area contributed by atoms with E-state index in [4.69, 9.17) is 10.00 Å². The molecule has 0 aromatic heterocycles. The second kappa shape index (κ2) is 5.85. The number of nitriles is 1. The monoisotopic (exact) mass is 236 g/mol. The summed E-state index contributed by atoms with van der Waals surface area (Å²) in [6.45, 7) is 1.74. The SMILES string of the molecule is CCC(C#N)C(=O)Nc1cc(F)cc(OC)c1. The highest BCUT2D eigenvalue weighted by atomic mass is 19.1. The van der Waals surface area contributed by atoms with Crippen LogP contribution in [-0.2, 0) is 4.79 Å². The maximum atomic E-state index is 13.1. The Hall–Kier alpha value is -2.09. The lowest BCUT2D eigenvalue weighted by atomic mass is 10.1. The molecule has 1 amide bonds. The fourth-order valence-electron chi connectivity index (χ4n) is 1.32. The molecule has 0 saturated carbocycles. The van der Waals surface area contributed by atoms with Crippen molar-refractivity contribution in [2.24, 2.45) is 5.92 Å². The lowest BCUT2D eigenvalue weighted by molar-refractivity contribution is -0.118. The van der Waals surface area contributed by atoms with E-state index in [1.54, 1.807) is 6.92 Å². The number of nitrogens with one attached hydrogen (secondary N) is 1. The number of rotatable bonds is 4. The van der Waals surface area contributed by atoms with E-state index in [9.17, 15) is 9.18 Å². The van der Waals surface area contributed by atoms with Crippen molar-refractivity contribution in [3.05, 3.63) is 24.0 Å². The van der Waals surface area contributed by atoms with Gasteiger partial charge in [-0.25, -0.2) is 4.39 Å². The summed E-state index contributed by atoms with van der Waals surface area (Å²) in [5.74, 6) is -1.37. The number of nitrogens with zero attached hydrogens (tertiary/aromatic N) is 1. The predicted octanol–water partition coefficient (Wildman–Crippen LogP) is 2.32. The molecule has 1 atom stereocenters. The Kier molecular flexibility index (Phi) is 4.46. The molecule has 0 bridgehead atoms. The Bertz CT molecular complexity index is 454. The van der Waals surface area contributed by atoms with Crippen molar-refractivity contribution in [3.63, 3.8) is 0 Å². The van der Waals surface area contributed by atoms with Crippen molar-refractivity contribution in [2.45, 2.75) is 13.3 Å². The van der Waals surface area contributed by atoms with Crippen LogP contribution in [0.5, 0.6) is 5.75 Å². The summed E-state index contributed by atoms with van der Waals surface area (Å²) < 4.78 is 18.0. The normalized spacial score (nSPS) is 11.4. The molecule has 4 nitrogen and oxygen atoms in total. The molecule has 0 radical (unpaired) electrons. The summed E-state index contributed by atoms with van der Waals surface area (Å²) >= 11 is 0. The first-order valence-electron chi connectivity index (χ1n) is 5.15. The molecule has 0 aliphatic rings. The van der Waals surface area contributed by atoms with Gasteiger partial charge in [-0.3, -0.25) is 4.79 Å². The largest absolute Gasteiger partial charge is 0.497 e. The number of anilines is 1. The van der Waals surface area contributed by atoms with Crippen molar-refractivity contribution >= 4 is 11.6 Å². The zero-order chi connectivity index (χ0) is 12.8. The van der Waals surface area contributed by atoms with Gasteiger partial charge < -0.3 is 10.1 Å². The molecular formula is C12H13FN2O2. The van der Waals surface area contributed by atoms with E-state index >= 15 is 0 Å². The Balaban J connectivity index is 2.85. The van der Waals surface area contributed by atoms with Gasteiger partial charge in [0.2, 0.25) is 5.91 Å². The first-order chi connectivity index (χ1) is 8.10. The molecule has 5 heteroatoms. The fraction of sp³-hybridized carbons (Fsp3) is 0.333. The number of hydrogen-bond acceptors (Lipinski definition) is 3. The van der Waals surface area contributed by atoms with Crippen LogP contribution in [0.15, 0.2) is 18.2 Å². The smallest absolute Gasteiger partial charge is 0.241 e. The van der Waals surface area contributed by atoms with Crippen LogP contribution in [0.2, 0.25) is 0 Å². The zero-order valence-electron chi connectivity index (χ0n) is 9.66. The topological polar surface area (TPSA) is 62.1 Å². The number of methoxy groups -OCH3 is 1. The van der Waals surface area contributed by atoms with E-state index in [1.807, 2.05) is 6.07 Å². The number of ether oxygens (including phenoxy) is 1. The molecule has 0 heterocycles. The molecule has 0 aliphatic heterocycles. The minimum atomic E-state index is -0.732. The van der Waals surface area contributed by atoms with Crippen LogP contribution in [0.25, 0.3) is 0 Å². The number of hydrogen-bond donors (Lipinski definition) is 1. The van der Waals surface area contributed by atoms with Gasteiger partial charge in [-0.15, -0.1) is 0 Å². The molecule has 0 fully saturated rings. The molecule has 0 spiro atoms. The number of benzene rings is 1. The van der Waals surface area contributed by atoms with E-state index in [2.05, 4.69) is 5.32 Å². The average molecular weight is 236 g/mol. The highest BCUT2D eigenvalue weighted by molar-refractivity contribution is 5.94. The van der Waals surface area contributed by atoms with E-state index in [1.165, 1.54) is 25.3 Å². The van der Waals surface area contributed by atoms with Gasteiger partial charge in [0.1, 0.15) is 17.5 Å². The summed E-state index contributed by atoms with van der Waals surface area (Å²) in [5, 5.41) is 11.2. The van der Waals surface area contributed by atoms with Crippen molar-refractivity contribution in [1.29, 1.82) is 5.26 Å². The van der Waals surface area contributed by atoms with Crippen LogP contribution >= 0.6 is 0 Å². The third-order valence-corrected chi connectivity index (χ3v) is 2.26. The number of carbonyl (C=O) groups is 1. The number of halogens is 1. The van der Waals surface area contributed by atoms with Gasteiger partial charge in [-0.2, -0.15) is 5.26 Å². The van der Waals surface area contributed by atoms with Gasteiger partial charge in [0.25, 0.3) is 0 Å². The first-order valence-corrected chi connectivity index (χ1v) is 5.15. The Morgan fingerprint density at radius 1 is 1.59 bits per heavy atom. The second-order valence-electron chi connectivity index (χ2n) is 3.46. The minimum absolute atomic E-state index is 0.278. The Morgan fingerprint density at radius 2 is 2.29 bits per heavy atom. The first kappa shape index (κ1) is 13.0. The van der Waals surface area contributed by atoms with Crippen molar-refractivity contribution in [1.82, 2.24) is 0 Å². The lowest BCUT2D eigenvalue weighted by Gasteiger charge is -2.09. The van der Waals surface area contributed by atoms with Crippen molar-refractivity contribution in [2.75, 3.05) is 12.4 Å². The summed E-state index contributed by atoms with van der Waals surface area (Å²) in [7, 11) is 1.41. The summed E-state index contributed by atoms with van der Waals surface area (Å²) in [6, 6.07) is 5.75. The van der Waals surface area contributed by atoms with E-state index in [0.29, 0.717) is 12.2 Å². The molecule has 1 unspecified atom stereocenters. The van der Waals surface area contributed by atoms with Crippen molar-refractivity contribution in [3.8, 4) is 11.8 Å². The highest BCUT2D eigenvalue weighted by Crippen LogP contribution is 2.20. The zero-order valence-corrected chi connectivity index (χ0v) is 9.66. The van der Waals surface area contributed by atoms with Crippen molar-refractivity contribution < 1.29 is 13.9 Å². The van der Waals surface area contributed by atoms with Crippen LogP contribution in [-0.4, -0.2) is 13.0 Å². The molecule has 17 heavy (non-hydrogen) atoms. The predicted molar refractivity (Wildman–Crippen MR) is 61.0 cm³/mol. The van der Waals surface area contributed by atoms with Gasteiger partial charge in [0, 0.05) is 17.8 Å². The highest BCUT2D eigenvalue weighted by Gasteiger charge is 2.15. The second-order valence-corrected chi connectivity index (χ2v) is 3.46. The quantitative estimate of drug-likeness (QED) is 0.872. The summed E-state index contributed by atoms with van der Waals surface area (Å²) in [4.78, 5) is 11.6. The van der Waals surface area contributed by atoms with Gasteiger partial charge in [-0.05, 0) is 12.5 Å². The molecule has 1 aromatic carbocycles. The average Bonchev–Trinajstić information content (AvgIpc) is 2.29. The van der Waals surface area contributed by atoms with E-state index in [-0.39, 0.29) is 5.69 Å². The summed E-state index contributed by atoms with van der Waals surface area (Å²) in [5.41, 5.74) is 0.278. The third-order valence-electron chi connectivity index (χ3n) is 2.26. The number of carbonyl (C=O) groups excluding carboxylic acids is 1. The molecule has 1 rings (SSSR count). The van der Waals surface area contributed by atoms with Crippen LogP contribution in [0.1, 0.15) is 13.3 Å². The third kappa shape index (κ3) is 3.45. The molecule has 1 aromatic rings. The fourth-order valence-corrected chi connectivity index (χ4v) is 1.32. The summed E-state index contributed by atoms with van der Waals surface area (Å²) in [6.07, 6.45) is 0.411. The minimum Gasteiger partial charge on any atom is -0.497 e. The van der Waals surface area contributed by atoms with Gasteiger partial charge in [0.05, 0.1) is 13.2 Å². The van der Waals surface area contributed by atoms with Crippen LogP contribution in [0, 0.1) is 23.1 Å². The maximum absolute atomic E-state index is 13.1. The van der Waals surface area contributed by atoms with Crippen LogP contribution in [0.4, 0.5) is 10.1 Å². The van der Waals surface area contributed by atoms with Crippen LogP contribution in [0.3, 0.4) is 0 Å². The lowest BCUT2D eigenvalue weighted by Crippen LogP contribution is -2.20. The molecule has 90 valence electrons.